The first-order valence-corrected chi connectivity index (χ1v) is 9.84. The van der Waals surface area contributed by atoms with Gasteiger partial charge in [0, 0.05) is 17.8 Å². The molecule has 0 saturated heterocycles. The second-order valence-electron chi connectivity index (χ2n) is 8.07. The van der Waals surface area contributed by atoms with Gasteiger partial charge < -0.3 is 0 Å². The summed E-state index contributed by atoms with van der Waals surface area (Å²) in [5.74, 6) is 0. The first kappa shape index (κ1) is 19.4. The van der Waals surface area contributed by atoms with Gasteiger partial charge in [-0.2, -0.15) is 0 Å². The van der Waals surface area contributed by atoms with Crippen LogP contribution in [0.2, 0.25) is 0 Å². The van der Waals surface area contributed by atoms with Crippen LogP contribution >= 0.6 is 0 Å². The van der Waals surface area contributed by atoms with E-state index in [0.29, 0.717) is 0 Å². The fourth-order valence-electron chi connectivity index (χ4n) is 3.77. The van der Waals surface area contributed by atoms with Gasteiger partial charge in [0.05, 0.1) is 0 Å². The Balaban J connectivity index is 2.02. The molecule has 0 fully saturated rings. The Morgan fingerprint density at radius 2 is 1.37 bits per heavy atom. The van der Waals surface area contributed by atoms with Gasteiger partial charge in [-0.05, 0) is 99.4 Å². The molecule has 1 nitrogen and oxygen atoms in total. The van der Waals surface area contributed by atoms with E-state index in [1.165, 1.54) is 55.8 Å². The van der Waals surface area contributed by atoms with Crippen LogP contribution in [0.5, 0.6) is 0 Å². The molecule has 2 aromatic carbocycles. The van der Waals surface area contributed by atoms with E-state index in [2.05, 4.69) is 84.9 Å². The number of aryl methyl sites for hydroxylation is 5. The molecule has 3 aromatic rings. The van der Waals surface area contributed by atoms with Gasteiger partial charge in [0.1, 0.15) is 0 Å². The van der Waals surface area contributed by atoms with Crippen LogP contribution in [0.3, 0.4) is 0 Å². The summed E-state index contributed by atoms with van der Waals surface area (Å²) in [7, 11) is 0. The quantitative estimate of drug-likeness (QED) is 0.525. The fraction of sp³-hybridized carbons (Fsp3) is 0.346. The number of nitrogens with zero attached hydrogens (tertiary/aromatic N) is 1. The maximum atomic E-state index is 4.97. The molecule has 0 atom stereocenters. The smallest absolute Gasteiger partial charge is 0.0482 e. The van der Waals surface area contributed by atoms with Crippen molar-refractivity contribution < 1.29 is 0 Å². The topological polar surface area (TPSA) is 12.9 Å². The molecule has 0 aliphatic rings. The lowest BCUT2D eigenvalue weighted by Gasteiger charge is -2.18. The van der Waals surface area contributed by atoms with Crippen LogP contribution in [0, 0.1) is 48.5 Å². The highest BCUT2D eigenvalue weighted by molar-refractivity contribution is 5.45. The summed E-state index contributed by atoms with van der Waals surface area (Å²) < 4.78 is 0. The molecule has 0 radical (unpaired) electrons. The summed E-state index contributed by atoms with van der Waals surface area (Å²) >= 11 is 0. The van der Waals surface area contributed by atoms with Gasteiger partial charge in [-0.3, -0.25) is 4.98 Å². The van der Waals surface area contributed by atoms with E-state index < -0.39 is 0 Å². The number of hydrogen-bond acceptors (Lipinski definition) is 1. The van der Waals surface area contributed by atoms with Crippen molar-refractivity contribution in [3.05, 3.63) is 97.9 Å². The summed E-state index contributed by atoms with van der Waals surface area (Å²) in [6, 6.07) is 13.5. The Bertz CT molecular complexity index is 996. The standard InChI is InChI=1S/C26H31N/c1-16-8-9-18(3)24(12-16)15-26-21(6)25(20(5)22(7)27-26)14-23-11-10-17(2)19(4)13-23/h8-13H,14-15H2,1-7H3. The van der Waals surface area contributed by atoms with Crippen molar-refractivity contribution in [1.82, 2.24) is 4.98 Å². The lowest BCUT2D eigenvalue weighted by atomic mass is 9.91. The van der Waals surface area contributed by atoms with E-state index >= 15 is 0 Å². The molecule has 0 N–H and O–H groups in total. The normalized spacial score (nSPS) is 11.1. The van der Waals surface area contributed by atoms with E-state index in [1.807, 2.05) is 0 Å². The molecule has 0 spiro atoms. The van der Waals surface area contributed by atoms with Crippen molar-refractivity contribution in [3.8, 4) is 0 Å². The molecule has 0 saturated carbocycles. The van der Waals surface area contributed by atoms with E-state index in [9.17, 15) is 0 Å². The Morgan fingerprint density at radius 3 is 2.07 bits per heavy atom. The van der Waals surface area contributed by atoms with Crippen LogP contribution in [-0.2, 0) is 12.8 Å². The minimum atomic E-state index is 0.903. The van der Waals surface area contributed by atoms with Crippen molar-refractivity contribution in [1.29, 1.82) is 0 Å². The van der Waals surface area contributed by atoms with Crippen molar-refractivity contribution in [2.75, 3.05) is 0 Å². The highest BCUT2D eigenvalue weighted by atomic mass is 14.7. The fourth-order valence-corrected chi connectivity index (χ4v) is 3.77. The van der Waals surface area contributed by atoms with Gasteiger partial charge in [-0.15, -0.1) is 0 Å². The summed E-state index contributed by atoms with van der Waals surface area (Å²) in [4.78, 5) is 4.97. The zero-order chi connectivity index (χ0) is 19.7. The van der Waals surface area contributed by atoms with Gasteiger partial charge in [-0.1, -0.05) is 42.0 Å². The summed E-state index contributed by atoms with van der Waals surface area (Å²) in [5, 5.41) is 0. The van der Waals surface area contributed by atoms with Gasteiger partial charge in [0.15, 0.2) is 0 Å². The average molecular weight is 358 g/mol. The molecule has 140 valence electrons. The van der Waals surface area contributed by atoms with Gasteiger partial charge in [-0.25, -0.2) is 0 Å². The van der Waals surface area contributed by atoms with E-state index in [0.717, 1.165) is 18.5 Å². The number of rotatable bonds is 4. The minimum Gasteiger partial charge on any atom is -0.257 e. The summed E-state index contributed by atoms with van der Waals surface area (Å²) in [6.45, 7) is 15.3. The molecule has 0 amide bonds. The molecule has 27 heavy (non-hydrogen) atoms. The predicted octanol–water partition coefficient (Wildman–Crippen LogP) is 6.42. The molecule has 1 aromatic heterocycles. The molecule has 0 aliphatic carbocycles. The van der Waals surface area contributed by atoms with Crippen molar-refractivity contribution >= 4 is 0 Å². The van der Waals surface area contributed by atoms with Crippen LogP contribution in [0.25, 0.3) is 0 Å². The van der Waals surface area contributed by atoms with E-state index in [1.54, 1.807) is 0 Å². The monoisotopic (exact) mass is 357 g/mol. The van der Waals surface area contributed by atoms with Crippen LogP contribution < -0.4 is 0 Å². The molecular weight excluding hydrogens is 326 g/mol. The highest BCUT2D eigenvalue weighted by Crippen LogP contribution is 2.26. The van der Waals surface area contributed by atoms with Crippen molar-refractivity contribution in [2.45, 2.75) is 61.3 Å². The Hall–Kier alpha value is -2.41. The minimum absolute atomic E-state index is 0.903. The van der Waals surface area contributed by atoms with Crippen LogP contribution in [0.15, 0.2) is 36.4 Å². The zero-order valence-corrected chi connectivity index (χ0v) is 17.8. The van der Waals surface area contributed by atoms with Gasteiger partial charge in [0.2, 0.25) is 0 Å². The average Bonchev–Trinajstić information content (AvgIpc) is 2.62. The van der Waals surface area contributed by atoms with Crippen molar-refractivity contribution in [2.24, 2.45) is 0 Å². The first-order valence-electron chi connectivity index (χ1n) is 9.84. The van der Waals surface area contributed by atoms with Gasteiger partial charge >= 0.3 is 0 Å². The third kappa shape index (κ3) is 4.13. The molecular formula is C26H31N. The summed E-state index contributed by atoms with van der Waals surface area (Å²) in [5.41, 5.74) is 14.6. The predicted molar refractivity (Wildman–Crippen MR) is 116 cm³/mol. The number of pyridine rings is 1. The Kier molecular flexibility index (Phi) is 5.51. The molecule has 0 bridgehead atoms. The van der Waals surface area contributed by atoms with E-state index in [-0.39, 0.29) is 0 Å². The SMILES string of the molecule is Cc1ccc(C)c(Cc2nc(C)c(C)c(Cc3ccc(C)c(C)c3)c2C)c1. The van der Waals surface area contributed by atoms with Crippen LogP contribution in [0.4, 0.5) is 0 Å². The lowest BCUT2D eigenvalue weighted by molar-refractivity contribution is 0.949. The third-order valence-electron chi connectivity index (χ3n) is 6.00. The molecule has 3 rings (SSSR count). The second-order valence-corrected chi connectivity index (χ2v) is 8.07. The first-order chi connectivity index (χ1) is 12.8. The maximum absolute atomic E-state index is 4.97. The van der Waals surface area contributed by atoms with E-state index in [4.69, 9.17) is 4.98 Å². The van der Waals surface area contributed by atoms with Crippen LogP contribution in [0.1, 0.15) is 61.5 Å². The highest BCUT2D eigenvalue weighted by Gasteiger charge is 2.14. The Morgan fingerprint density at radius 1 is 0.667 bits per heavy atom. The lowest BCUT2D eigenvalue weighted by Crippen LogP contribution is -2.07. The van der Waals surface area contributed by atoms with Crippen LogP contribution in [-0.4, -0.2) is 4.98 Å². The molecule has 0 aliphatic heterocycles. The maximum Gasteiger partial charge on any atom is 0.0482 e. The Labute approximate surface area is 164 Å². The second kappa shape index (κ2) is 7.68. The molecule has 1 heterocycles. The largest absolute Gasteiger partial charge is 0.257 e. The number of benzene rings is 2. The molecule has 0 unspecified atom stereocenters. The zero-order valence-electron chi connectivity index (χ0n) is 17.8. The number of aromatic nitrogens is 1. The summed E-state index contributed by atoms with van der Waals surface area (Å²) in [6.07, 6.45) is 1.88. The van der Waals surface area contributed by atoms with Gasteiger partial charge in [0.25, 0.3) is 0 Å². The van der Waals surface area contributed by atoms with Crippen molar-refractivity contribution in [3.63, 3.8) is 0 Å². The third-order valence-corrected chi connectivity index (χ3v) is 6.00. The number of hydrogen-bond donors (Lipinski definition) is 0. The molecule has 1 heteroatoms.